The van der Waals surface area contributed by atoms with E-state index < -0.39 is 22.0 Å². The largest absolute Gasteiger partial charge is 0.480 e. The number of nitrogens with zero attached hydrogens (tertiary/aromatic N) is 1. The van der Waals surface area contributed by atoms with E-state index in [-0.39, 0.29) is 22.4 Å². The first-order chi connectivity index (χ1) is 10.2. The van der Waals surface area contributed by atoms with Crippen LogP contribution in [0.2, 0.25) is 0 Å². The molecule has 120 valence electrons. The Morgan fingerprint density at radius 1 is 1.36 bits per heavy atom. The molecule has 22 heavy (non-hydrogen) atoms. The van der Waals surface area contributed by atoms with Gasteiger partial charge in [-0.2, -0.15) is 4.31 Å². The van der Waals surface area contributed by atoms with E-state index >= 15 is 0 Å². The van der Waals surface area contributed by atoms with Crippen LogP contribution >= 0.6 is 0 Å². The molecular weight excluding hydrogens is 308 g/mol. The molecular formula is C14H18N2O5S. The van der Waals surface area contributed by atoms with Crippen molar-refractivity contribution >= 4 is 21.9 Å². The number of amides is 1. The molecule has 0 heterocycles. The Kier molecular flexibility index (Phi) is 4.52. The summed E-state index contributed by atoms with van der Waals surface area (Å²) in [5.74, 6) is -1.57. The van der Waals surface area contributed by atoms with E-state index in [0.717, 1.165) is 17.1 Å². The van der Waals surface area contributed by atoms with Crippen molar-refractivity contribution in [1.82, 2.24) is 9.62 Å². The Morgan fingerprint density at radius 3 is 2.55 bits per heavy atom. The fraction of sp³-hybridized carbons (Fsp3) is 0.429. The van der Waals surface area contributed by atoms with Crippen LogP contribution in [0.5, 0.6) is 0 Å². The van der Waals surface area contributed by atoms with Gasteiger partial charge in [-0.15, -0.1) is 0 Å². The topological polar surface area (TPSA) is 104 Å². The maximum absolute atomic E-state index is 12.4. The summed E-state index contributed by atoms with van der Waals surface area (Å²) in [5.41, 5.74) is 0.240. The van der Waals surface area contributed by atoms with Crippen molar-refractivity contribution in [2.45, 2.75) is 36.7 Å². The van der Waals surface area contributed by atoms with Crippen LogP contribution in [-0.4, -0.2) is 48.8 Å². The molecule has 1 unspecified atom stereocenters. The van der Waals surface area contributed by atoms with Gasteiger partial charge in [-0.25, -0.2) is 8.42 Å². The number of rotatable bonds is 6. The first-order valence-electron chi connectivity index (χ1n) is 6.85. The molecule has 0 spiro atoms. The molecule has 2 N–H and O–H groups in total. The standard InChI is InChI=1S/C14H18N2O5S/c1-9(14(18)19)16(2)22(20,21)12-5-3-4-10(8-12)13(17)15-11-6-7-11/h3-5,8-9,11H,6-7H2,1-2H3,(H,15,17)(H,18,19). The van der Waals surface area contributed by atoms with Crippen LogP contribution in [-0.2, 0) is 14.8 Å². The minimum Gasteiger partial charge on any atom is -0.480 e. The summed E-state index contributed by atoms with van der Waals surface area (Å²) in [7, 11) is -2.78. The van der Waals surface area contributed by atoms with Gasteiger partial charge in [-0.05, 0) is 38.0 Å². The van der Waals surface area contributed by atoms with Gasteiger partial charge in [-0.3, -0.25) is 9.59 Å². The number of benzene rings is 1. The number of likely N-dealkylation sites (N-methyl/N-ethyl adjacent to an activating group) is 1. The van der Waals surface area contributed by atoms with Crippen molar-refractivity contribution in [1.29, 1.82) is 0 Å². The Morgan fingerprint density at radius 2 is 2.00 bits per heavy atom. The summed E-state index contributed by atoms with van der Waals surface area (Å²) in [4.78, 5) is 22.8. The molecule has 1 atom stereocenters. The smallest absolute Gasteiger partial charge is 0.321 e. The summed E-state index contributed by atoms with van der Waals surface area (Å²) in [6, 6.07) is 4.56. The minimum absolute atomic E-state index is 0.105. The van der Waals surface area contributed by atoms with E-state index in [4.69, 9.17) is 5.11 Å². The maximum atomic E-state index is 12.4. The quantitative estimate of drug-likeness (QED) is 0.800. The lowest BCUT2D eigenvalue weighted by Crippen LogP contribution is -2.40. The summed E-state index contributed by atoms with van der Waals surface area (Å²) >= 11 is 0. The Balaban J connectivity index is 2.27. The van der Waals surface area contributed by atoms with Crippen LogP contribution in [0.25, 0.3) is 0 Å². The van der Waals surface area contributed by atoms with Gasteiger partial charge in [0.15, 0.2) is 0 Å². The van der Waals surface area contributed by atoms with E-state index in [2.05, 4.69) is 5.32 Å². The van der Waals surface area contributed by atoms with Gasteiger partial charge in [0.25, 0.3) is 5.91 Å². The second-order valence-corrected chi connectivity index (χ2v) is 7.31. The normalized spacial score (nSPS) is 16.3. The van der Waals surface area contributed by atoms with Crippen molar-refractivity contribution < 1.29 is 23.1 Å². The monoisotopic (exact) mass is 326 g/mol. The summed E-state index contributed by atoms with van der Waals surface area (Å²) in [5, 5.41) is 11.7. The van der Waals surface area contributed by atoms with Gasteiger partial charge in [-0.1, -0.05) is 6.07 Å². The van der Waals surface area contributed by atoms with Crippen LogP contribution in [0.3, 0.4) is 0 Å². The van der Waals surface area contributed by atoms with Crippen molar-refractivity contribution in [2.24, 2.45) is 0 Å². The van der Waals surface area contributed by atoms with Crippen LogP contribution in [0.4, 0.5) is 0 Å². The fourth-order valence-corrected chi connectivity index (χ4v) is 3.19. The molecule has 1 saturated carbocycles. The zero-order valence-corrected chi connectivity index (χ0v) is 13.1. The summed E-state index contributed by atoms with van der Waals surface area (Å²) in [6.07, 6.45) is 1.87. The SMILES string of the molecule is CC(C(=O)O)N(C)S(=O)(=O)c1cccc(C(=O)NC2CC2)c1. The van der Waals surface area contributed by atoms with Crippen LogP contribution in [0.1, 0.15) is 30.1 Å². The molecule has 1 aliphatic carbocycles. The first kappa shape index (κ1) is 16.4. The molecule has 7 nitrogen and oxygen atoms in total. The highest BCUT2D eigenvalue weighted by atomic mass is 32.2. The van der Waals surface area contributed by atoms with Gasteiger partial charge in [0.2, 0.25) is 10.0 Å². The van der Waals surface area contributed by atoms with Crippen LogP contribution < -0.4 is 5.32 Å². The number of carboxylic acids is 1. The molecule has 0 aliphatic heterocycles. The number of aliphatic carboxylic acids is 1. The van der Waals surface area contributed by atoms with Crippen LogP contribution in [0.15, 0.2) is 29.2 Å². The Labute approximate surface area is 129 Å². The van der Waals surface area contributed by atoms with E-state index in [1.54, 1.807) is 0 Å². The molecule has 1 aliphatic rings. The molecule has 8 heteroatoms. The number of hydrogen-bond acceptors (Lipinski definition) is 4. The molecule has 1 aromatic carbocycles. The second kappa shape index (κ2) is 6.05. The molecule has 1 amide bonds. The first-order valence-corrected chi connectivity index (χ1v) is 8.29. The van der Waals surface area contributed by atoms with Gasteiger partial charge in [0.05, 0.1) is 4.90 Å². The zero-order valence-electron chi connectivity index (χ0n) is 12.3. The van der Waals surface area contributed by atoms with E-state index in [0.29, 0.717) is 0 Å². The number of carbonyl (C=O) groups excluding carboxylic acids is 1. The van der Waals surface area contributed by atoms with Crippen molar-refractivity contribution in [3.05, 3.63) is 29.8 Å². The van der Waals surface area contributed by atoms with Gasteiger partial charge in [0.1, 0.15) is 6.04 Å². The predicted octanol–water partition coefficient (Wildman–Crippen LogP) is 0.672. The Hall–Kier alpha value is -1.93. The highest BCUT2D eigenvalue weighted by Gasteiger charge is 2.30. The number of carbonyl (C=O) groups is 2. The highest BCUT2D eigenvalue weighted by Crippen LogP contribution is 2.21. The predicted molar refractivity (Wildman–Crippen MR) is 79.0 cm³/mol. The highest BCUT2D eigenvalue weighted by molar-refractivity contribution is 7.89. The number of nitrogens with one attached hydrogen (secondary N) is 1. The maximum Gasteiger partial charge on any atom is 0.321 e. The third kappa shape index (κ3) is 3.45. The lowest BCUT2D eigenvalue weighted by molar-refractivity contribution is -0.140. The lowest BCUT2D eigenvalue weighted by Gasteiger charge is -2.21. The molecule has 0 aromatic heterocycles. The van der Waals surface area contributed by atoms with Gasteiger partial charge in [0, 0.05) is 18.7 Å². The number of sulfonamides is 1. The third-order valence-corrected chi connectivity index (χ3v) is 5.51. The second-order valence-electron chi connectivity index (χ2n) is 5.31. The molecule has 0 radical (unpaired) electrons. The zero-order chi connectivity index (χ0) is 16.5. The molecule has 1 aromatic rings. The third-order valence-electron chi connectivity index (χ3n) is 3.59. The van der Waals surface area contributed by atoms with E-state index in [1.165, 1.54) is 38.2 Å². The summed E-state index contributed by atoms with van der Waals surface area (Å²) in [6.45, 7) is 1.28. The Bertz CT molecular complexity index is 697. The van der Waals surface area contributed by atoms with Gasteiger partial charge >= 0.3 is 5.97 Å². The van der Waals surface area contributed by atoms with E-state index in [9.17, 15) is 18.0 Å². The average molecular weight is 326 g/mol. The fourth-order valence-electron chi connectivity index (χ4n) is 1.82. The van der Waals surface area contributed by atoms with Gasteiger partial charge < -0.3 is 10.4 Å². The molecule has 0 saturated heterocycles. The number of carboxylic acid groups (broad SMARTS) is 1. The van der Waals surface area contributed by atoms with Crippen molar-refractivity contribution in [2.75, 3.05) is 7.05 Å². The molecule has 0 bridgehead atoms. The lowest BCUT2D eigenvalue weighted by atomic mass is 10.2. The van der Waals surface area contributed by atoms with Crippen molar-refractivity contribution in [3.8, 4) is 0 Å². The van der Waals surface area contributed by atoms with Crippen molar-refractivity contribution in [3.63, 3.8) is 0 Å². The molecule has 1 fully saturated rings. The van der Waals surface area contributed by atoms with Crippen LogP contribution in [0, 0.1) is 0 Å². The van der Waals surface area contributed by atoms with E-state index in [1.807, 2.05) is 0 Å². The summed E-state index contributed by atoms with van der Waals surface area (Å²) < 4.78 is 25.6. The number of hydrogen-bond donors (Lipinski definition) is 2. The minimum atomic E-state index is -3.98. The average Bonchev–Trinajstić information content (AvgIpc) is 3.29. The molecule has 2 rings (SSSR count).